The van der Waals surface area contributed by atoms with Crippen LogP contribution in [-0.4, -0.2) is 29.6 Å². The maximum absolute atomic E-state index is 11.9. The van der Waals surface area contributed by atoms with Gasteiger partial charge in [0.25, 0.3) is 0 Å². The van der Waals surface area contributed by atoms with Crippen molar-refractivity contribution in [1.82, 2.24) is 10.6 Å². The van der Waals surface area contributed by atoms with E-state index in [0.29, 0.717) is 19.4 Å². The highest BCUT2D eigenvalue weighted by molar-refractivity contribution is 7.10. The monoisotopic (exact) mass is 298 g/mol. The van der Waals surface area contributed by atoms with Gasteiger partial charge in [0, 0.05) is 18.3 Å². The van der Waals surface area contributed by atoms with Gasteiger partial charge in [-0.05, 0) is 24.3 Å². The predicted octanol–water partition coefficient (Wildman–Crippen LogP) is 1.59. The Balaban J connectivity index is 2.44. The van der Waals surface area contributed by atoms with Crippen molar-refractivity contribution < 1.29 is 14.7 Å². The minimum Gasteiger partial charge on any atom is -0.393 e. The Bertz CT molecular complexity index is 420. The van der Waals surface area contributed by atoms with Crippen molar-refractivity contribution in [3.8, 4) is 0 Å². The van der Waals surface area contributed by atoms with Gasteiger partial charge >= 0.3 is 0 Å². The van der Waals surface area contributed by atoms with E-state index < -0.39 is 0 Å². The molecule has 6 heteroatoms. The molecule has 0 radical (unpaired) electrons. The number of hydrogen-bond donors (Lipinski definition) is 3. The van der Waals surface area contributed by atoms with E-state index in [1.54, 1.807) is 0 Å². The number of nitrogens with one attached hydrogen (secondary N) is 2. The third kappa shape index (κ3) is 6.16. The van der Waals surface area contributed by atoms with Crippen molar-refractivity contribution >= 4 is 23.2 Å². The maximum Gasteiger partial charge on any atom is 0.222 e. The first kappa shape index (κ1) is 16.7. The summed E-state index contributed by atoms with van der Waals surface area (Å²) in [4.78, 5) is 24.0. The molecule has 20 heavy (non-hydrogen) atoms. The number of aliphatic hydroxyl groups excluding tert-OH is 1. The Hall–Kier alpha value is -1.40. The van der Waals surface area contributed by atoms with E-state index in [1.165, 1.54) is 18.3 Å². The zero-order chi connectivity index (χ0) is 15.0. The van der Waals surface area contributed by atoms with E-state index in [-0.39, 0.29) is 30.4 Å². The lowest BCUT2D eigenvalue weighted by atomic mass is 10.1. The van der Waals surface area contributed by atoms with Crippen LogP contribution < -0.4 is 10.6 Å². The molecule has 0 aliphatic heterocycles. The Morgan fingerprint density at radius 3 is 2.75 bits per heavy atom. The van der Waals surface area contributed by atoms with Gasteiger partial charge in [-0.15, -0.1) is 11.3 Å². The van der Waals surface area contributed by atoms with Gasteiger partial charge < -0.3 is 15.7 Å². The number of carbonyl (C=O) groups excluding carboxylic acids is 2. The normalized spacial score (nSPS) is 13.6. The van der Waals surface area contributed by atoms with Gasteiger partial charge in [-0.1, -0.05) is 13.0 Å². The first-order chi connectivity index (χ1) is 9.52. The molecule has 1 heterocycles. The molecule has 0 saturated carbocycles. The van der Waals surface area contributed by atoms with Crippen molar-refractivity contribution in [2.45, 2.75) is 45.3 Å². The van der Waals surface area contributed by atoms with Crippen LogP contribution in [0.15, 0.2) is 17.5 Å². The predicted molar refractivity (Wildman–Crippen MR) is 79.4 cm³/mol. The SMILES string of the molecule is CCC(O)CCNC(=O)CC(NC(C)=O)c1cccs1. The molecule has 0 aliphatic carbocycles. The van der Waals surface area contributed by atoms with Crippen LogP contribution in [0.1, 0.15) is 44.0 Å². The van der Waals surface area contributed by atoms with Gasteiger partial charge in [0.05, 0.1) is 18.6 Å². The van der Waals surface area contributed by atoms with E-state index in [1.807, 2.05) is 24.4 Å². The van der Waals surface area contributed by atoms with Crippen LogP contribution in [0.5, 0.6) is 0 Å². The van der Waals surface area contributed by atoms with Crippen LogP contribution in [0.2, 0.25) is 0 Å². The van der Waals surface area contributed by atoms with Crippen LogP contribution in [0.25, 0.3) is 0 Å². The van der Waals surface area contributed by atoms with Crippen molar-refractivity contribution in [1.29, 1.82) is 0 Å². The summed E-state index contributed by atoms with van der Waals surface area (Å²) in [5, 5.41) is 16.9. The van der Waals surface area contributed by atoms with Crippen molar-refractivity contribution in [2.75, 3.05) is 6.54 Å². The molecule has 2 amide bonds. The van der Waals surface area contributed by atoms with Crippen molar-refractivity contribution in [2.24, 2.45) is 0 Å². The minimum atomic E-state index is -0.376. The average Bonchev–Trinajstić information content (AvgIpc) is 2.91. The van der Waals surface area contributed by atoms with Gasteiger partial charge in [-0.3, -0.25) is 9.59 Å². The highest BCUT2D eigenvalue weighted by atomic mass is 32.1. The second kappa shape index (κ2) is 8.71. The molecule has 1 aromatic rings. The summed E-state index contributed by atoms with van der Waals surface area (Å²) in [5.74, 6) is -0.280. The Kier molecular flexibility index (Phi) is 7.25. The molecule has 0 spiro atoms. The number of aliphatic hydroxyl groups is 1. The fourth-order valence-electron chi connectivity index (χ4n) is 1.80. The zero-order valence-corrected chi connectivity index (χ0v) is 12.7. The number of thiophene rings is 1. The lowest BCUT2D eigenvalue weighted by molar-refractivity contribution is -0.122. The van der Waals surface area contributed by atoms with E-state index >= 15 is 0 Å². The fourth-order valence-corrected chi connectivity index (χ4v) is 2.58. The molecular formula is C14H22N2O3S. The number of amides is 2. The van der Waals surface area contributed by atoms with Crippen LogP contribution in [0, 0.1) is 0 Å². The van der Waals surface area contributed by atoms with Crippen LogP contribution in [0.3, 0.4) is 0 Å². The van der Waals surface area contributed by atoms with Gasteiger partial charge in [-0.2, -0.15) is 0 Å². The Morgan fingerprint density at radius 1 is 1.45 bits per heavy atom. The molecule has 0 fully saturated rings. The van der Waals surface area contributed by atoms with Crippen molar-refractivity contribution in [3.63, 3.8) is 0 Å². The summed E-state index contributed by atoms with van der Waals surface area (Å²) in [6, 6.07) is 3.51. The molecule has 112 valence electrons. The standard InChI is InChI=1S/C14H22N2O3S/c1-3-11(18)6-7-15-14(19)9-12(16-10(2)17)13-5-4-8-20-13/h4-5,8,11-12,18H,3,6-7,9H2,1-2H3,(H,15,19)(H,16,17). The molecule has 0 saturated heterocycles. The molecule has 2 unspecified atom stereocenters. The summed E-state index contributed by atoms with van der Waals surface area (Å²) < 4.78 is 0. The summed E-state index contributed by atoms with van der Waals surface area (Å²) in [5.41, 5.74) is 0. The van der Waals surface area contributed by atoms with Crippen LogP contribution in [-0.2, 0) is 9.59 Å². The molecular weight excluding hydrogens is 276 g/mol. The average molecular weight is 298 g/mol. The maximum atomic E-state index is 11.9. The van der Waals surface area contributed by atoms with Gasteiger partial charge in [-0.25, -0.2) is 0 Å². The smallest absolute Gasteiger partial charge is 0.222 e. The third-order valence-corrected chi connectivity index (χ3v) is 3.91. The Morgan fingerprint density at radius 2 is 2.20 bits per heavy atom. The first-order valence-corrected chi connectivity index (χ1v) is 7.66. The largest absolute Gasteiger partial charge is 0.393 e. The minimum absolute atomic E-state index is 0.125. The summed E-state index contributed by atoms with van der Waals surface area (Å²) in [6.45, 7) is 3.79. The number of hydrogen-bond acceptors (Lipinski definition) is 4. The zero-order valence-electron chi connectivity index (χ0n) is 11.9. The quantitative estimate of drug-likeness (QED) is 0.682. The number of rotatable bonds is 8. The molecule has 3 N–H and O–H groups in total. The van der Waals surface area contributed by atoms with E-state index in [4.69, 9.17) is 0 Å². The first-order valence-electron chi connectivity index (χ1n) is 6.78. The van der Waals surface area contributed by atoms with Gasteiger partial charge in [0.15, 0.2) is 0 Å². The van der Waals surface area contributed by atoms with Gasteiger partial charge in [0.2, 0.25) is 11.8 Å². The summed E-state index contributed by atoms with van der Waals surface area (Å²) >= 11 is 1.51. The number of carbonyl (C=O) groups is 2. The molecule has 0 bridgehead atoms. The highest BCUT2D eigenvalue weighted by Gasteiger charge is 2.17. The van der Waals surface area contributed by atoms with Gasteiger partial charge in [0.1, 0.15) is 0 Å². The Labute approximate surface area is 123 Å². The van der Waals surface area contributed by atoms with E-state index in [0.717, 1.165) is 4.88 Å². The molecule has 5 nitrogen and oxygen atoms in total. The summed E-state index contributed by atoms with van der Waals surface area (Å²) in [7, 11) is 0. The van der Waals surface area contributed by atoms with Crippen LogP contribution in [0.4, 0.5) is 0 Å². The highest BCUT2D eigenvalue weighted by Crippen LogP contribution is 2.21. The third-order valence-electron chi connectivity index (χ3n) is 2.92. The molecule has 2 atom stereocenters. The molecule has 0 aliphatic rings. The molecule has 1 rings (SSSR count). The molecule has 1 aromatic heterocycles. The lowest BCUT2D eigenvalue weighted by Gasteiger charge is -2.16. The second-order valence-electron chi connectivity index (χ2n) is 4.67. The summed E-state index contributed by atoms with van der Waals surface area (Å²) in [6.07, 6.45) is 1.06. The lowest BCUT2D eigenvalue weighted by Crippen LogP contribution is -2.33. The second-order valence-corrected chi connectivity index (χ2v) is 5.65. The van der Waals surface area contributed by atoms with Crippen LogP contribution >= 0.6 is 11.3 Å². The fraction of sp³-hybridized carbons (Fsp3) is 0.571. The van der Waals surface area contributed by atoms with E-state index in [9.17, 15) is 14.7 Å². The van der Waals surface area contributed by atoms with E-state index in [2.05, 4.69) is 10.6 Å². The van der Waals surface area contributed by atoms with Crippen molar-refractivity contribution in [3.05, 3.63) is 22.4 Å². The topological polar surface area (TPSA) is 78.4 Å². The molecule has 0 aromatic carbocycles.